The number of hydrogen-bond donors (Lipinski definition) is 3. The van der Waals surface area contributed by atoms with Crippen molar-refractivity contribution < 1.29 is 4.79 Å². The molecule has 1 heterocycles. The summed E-state index contributed by atoms with van der Waals surface area (Å²) in [6.07, 6.45) is 3.83. The number of anilines is 3. The van der Waals surface area contributed by atoms with Crippen LogP contribution in [0.25, 0.3) is 0 Å². The van der Waals surface area contributed by atoms with Crippen molar-refractivity contribution in [3.8, 4) is 0 Å². The van der Waals surface area contributed by atoms with Crippen molar-refractivity contribution in [2.24, 2.45) is 0 Å². The molecule has 1 aliphatic carbocycles. The predicted octanol–water partition coefficient (Wildman–Crippen LogP) is 5.36. The fraction of sp³-hybridized carbons (Fsp3) is 0.429. The fourth-order valence-electron chi connectivity index (χ4n) is 2.95. The Labute approximate surface area is 155 Å². The number of benzene rings is 1. The van der Waals surface area contributed by atoms with Crippen LogP contribution in [0.3, 0.4) is 0 Å². The highest BCUT2D eigenvalue weighted by Crippen LogP contribution is 2.34. The van der Waals surface area contributed by atoms with Crippen molar-refractivity contribution in [1.29, 1.82) is 0 Å². The van der Waals surface area contributed by atoms with Crippen LogP contribution in [0.2, 0.25) is 0 Å². The van der Waals surface area contributed by atoms with Gasteiger partial charge in [-0.25, -0.2) is 9.78 Å². The molecule has 0 spiro atoms. The standard InChI is InChI=1S/C21H28N4O/c1-13(2)17-6-5-7-18(14(3)4)20(17)25-19-11-10-16(12-22-19)24-21(26)23-15-8-9-15/h5-7,10-15H,8-9H2,1-4H3,(H,22,25)(H2,23,24,26). The van der Waals surface area contributed by atoms with E-state index in [-0.39, 0.29) is 6.03 Å². The molecule has 0 atom stereocenters. The number of nitrogens with zero attached hydrogens (tertiary/aromatic N) is 1. The molecule has 0 aliphatic heterocycles. The van der Waals surface area contributed by atoms with Gasteiger partial charge < -0.3 is 16.0 Å². The second kappa shape index (κ2) is 7.77. The van der Waals surface area contributed by atoms with Crippen LogP contribution in [0.1, 0.15) is 63.5 Å². The Morgan fingerprint density at radius 2 is 1.69 bits per heavy atom. The molecule has 3 N–H and O–H groups in total. The van der Waals surface area contributed by atoms with Crippen molar-refractivity contribution in [3.05, 3.63) is 47.7 Å². The van der Waals surface area contributed by atoms with Crippen LogP contribution in [0.15, 0.2) is 36.5 Å². The summed E-state index contributed by atoms with van der Waals surface area (Å²) in [6.45, 7) is 8.79. The van der Waals surface area contributed by atoms with Crippen molar-refractivity contribution in [1.82, 2.24) is 10.3 Å². The first-order valence-electron chi connectivity index (χ1n) is 9.37. The molecule has 1 aromatic heterocycles. The zero-order valence-electron chi connectivity index (χ0n) is 16.0. The van der Waals surface area contributed by atoms with E-state index in [2.05, 4.69) is 66.8 Å². The Morgan fingerprint density at radius 1 is 1.04 bits per heavy atom. The first-order chi connectivity index (χ1) is 12.4. The highest BCUT2D eigenvalue weighted by atomic mass is 16.2. The summed E-state index contributed by atoms with van der Waals surface area (Å²) in [6, 6.07) is 10.4. The highest BCUT2D eigenvalue weighted by Gasteiger charge is 2.23. The van der Waals surface area contributed by atoms with Crippen LogP contribution in [-0.4, -0.2) is 17.1 Å². The fourth-order valence-corrected chi connectivity index (χ4v) is 2.95. The number of aromatic nitrogens is 1. The number of carbonyl (C=O) groups is 1. The number of carbonyl (C=O) groups excluding carboxylic acids is 1. The molecule has 5 heteroatoms. The molecule has 3 rings (SSSR count). The lowest BCUT2D eigenvalue weighted by Gasteiger charge is -2.20. The Morgan fingerprint density at radius 3 is 2.19 bits per heavy atom. The molecular weight excluding hydrogens is 324 g/mol. The molecule has 1 saturated carbocycles. The number of urea groups is 1. The molecule has 26 heavy (non-hydrogen) atoms. The van der Waals surface area contributed by atoms with Gasteiger partial charge in [0.05, 0.1) is 11.9 Å². The van der Waals surface area contributed by atoms with E-state index in [1.807, 2.05) is 12.1 Å². The van der Waals surface area contributed by atoms with Crippen molar-refractivity contribution >= 4 is 23.2 Å². The van der Waals surface area contributed by atoms with Gasteiger partial charge in [-0.05, 0) is 47.9 Å². The van der Waals surface area contributed by atoms with Crippen molar-refractivity contribution in [3.63, 3.8) is 0 Å². The van der Waals surface area contributed by atoms with Crippen molar-refractivity contribution in [2.75, 3.05) is 10.6 Å². The molecular formula is C21H28N4O. The third-order valence-corrected chi connectivity index (χ3v) is 4.56. The Hall–Kier alpha value is -2.56. The quantitative estimate of drug-likeness (QED) is 0.656. The van der Waals surface area contributed by atoms with Gasteiger partial charge in [-0.15, -0.1) is 0 Å². The number of rotatable bonds is 6. The summed E-state index contributed by atoms with van der Waals surface area (Å²) in [5, 5.41) is 9.21. The predicted molar refractivity (Wildman–Crippen MR) is 107 cm³/mol. The smallest absolute Gasteiger partial charge is 0.319 e. The molecule has 2 amide bonds. The van der Waals surface area contributed by atoms with Gasteiger partial charge >= 0.3 is 6.03 Å². The second-order valence-electron chi connectivity index (χ2n) is 7.55. The van der Waals surface area contributed by atoms with Crippen molar-refractivity contribution in [2.45, 2.75) is 58.4 Å². The molecule has 2 aromatic rings. The first-order valence-corrected chi connectivity index (χ1v) is 9.37. The lowest BCUT2D eigenvalue weighted by Crippen LogP contribution is -2.30. The van der Waals surface area contributed by atoms with Gasteiger partial charge in [-0.3, -0.25) is 0 Å². The van der Waals surface area contributed by atoms with E-state index >= 15 is 0 Å². The van der Waals surface area contributed by atoms with Gasteiger partial charge in [0.25, 0.3) is 0 Å². The highest BCUT2D eigenvalue weighted by molar-refractivity contribution is 5.89. The summed E-state index contributed by atoms with van der Waals surface area (Å²) in [5.74, 6) is 1.61. The topological polar surface area (TPSA) is 66.0 Å². The zero-order valence-corrected chi connectivity index (χ0v) is 16.0. The number of para-hydroxylation sites is 1. The molecule has 1 fully saturated rings. The van der Waals surface area contributed by atoms with Gasteiger partial charge in [-0.2, -0.15) is 0 Å². The number of amides is 2. The lowest BCUT2D eigenvalue weighted by molar-refractivity contribution is 0.251. The summed E-state index contributed by atoms with van der Waals surface area (Å²) in [5.41, 5.74) is 4.39. The third-order valence-electron chi connectivity index (χ3n) is 4.56. The van der Waals surface area contributed by atoms with Gasteiger partial charge in [0.2, 0.25) is 0 Å². The average molecular weight is 352 g/mol. The Bertz CT molecular complexity index is 738. The Balaban J connectivity index is 1.75. The van der Waals surface area contributed by atoms with Crippen LogP contribution in [0, 0.1) is 0 Å². The number of nitrogens with one attached hydrogen (secondary N) is 3. The maximum absolute atomic E-state index is 11.8. The SMILES string of the molecule is CC(C)c1cccc(C(C)C)c1Nc1ccc(NC(=O)NC2CC2)cn1. The summed E-state index contributed by atoms with van der Waals surface area (Å²) in [7, 11) is 0. The molecule has 5 nitrogen and oxygen atoms in total. The second-order valence-corrected chi connectivity index (χ2v) is 7.55. The van der Waals surface area contributed by atoms with Crippen LogP contribution in [0.5, 0.6) is 0 Å². The normalized spacial score (nSPS) is 13.8. The maximum Gasteiger partial charge on any atom is 0.319 e. The van der Waals surface area contributed by atoms with Crippen LogP contribution >= 0.6 is 0 Å². The van der Waals surface area contributed by atoms with Gasteiger partial charge in [0, 0.05) is 11.7 Å². The van der Waals surface area contributed by atoms with Gasteiger partial charge in [-0.1, -0.05) is 45.9 Å². The monoisotopic (exact) mass is 352 g/mol. The first kappa shape index (κ1) is 18.2. The molecule has 1 aromatic carbocycles. The van der Waals surface area contributed by atoms with E-state index in [0.717, 1.165) is 24.3 Å². The minimum absolute atomic E-state index is 0.165. The summed E-state index contributed by atoms with van der Waals surface area (Å²) < 4.78 is 0. The maximum atomic E-state index is 11.8. The summed E-state index contributed by atoms with van der Waals surface area (Å²) in [4.78, 5) is 16.3. The molecule has 0 saturated heterocycles. The van der Waals surface area contributed by atoms with E-state index in [4.69, 9.17) is 0 Å². The molecule has 138 valence electrons. The van der Waals surface area contributed by atoms with Crippen LogP contribution in [-0.2, 0) is 0 Å². The average Bonchev–Trinajstić information content (AvgIpc) is 3.40. The van der Waals surface area contributed by atoms with E-state index in [1.165, 1.54) is 11.1 Å². The molecule has 0 bridgehead atoms. The van der Waals surface area contributed by atoms with Crippen LogP contribution < -0.4 is 16.0 Å². The lowest BCUT2D eigenvalue weighted by atomic mass is 9.92. The minimum Gasteiger partial charge on any atom is -0.340 e. The zero-order chi connectivity index (χ0) is 18.7. The molecule has 0 radical (unpaired) electrons. The number of hydrogen-bond acceptors (Lipinski definition) is 3. The minimum atomic E-state index is -0.165. The molecule has 0 unspecified atom stereocenters. The van der Waals surface area contributed by atoms with Crippen LogP contribution in [0.4, 0.5) is 22.0 Å². The van der Waals surface area contributed by atoms with E-state index < -0.39 is 0 Å². The largest absolute Gasteiger partial charge is 0.340 e. The van der Waals surface area contributed by atoms with Gasteiger partial charge in [0.1, 0.15) is 5.82 Å². The molecule has 1 aliphatic rings. The third kappa shape index (κ3) is 4.54. The van der Waals surface area contributed by atoms with E-state index in [1.54, 1.807) is 6.20 Å². The van der Waals surface area contributed by atoms with Gasteiger partial charge in [0.15, 0.2) is 0 Å². The van der Waals surface area contributed by atoms with E-state index in [0.29, 0.717) is 23.6 Å². The number of pyridine rings is 1. The Kier molecular flexibility index (Phi) is 5.45. The summed E-state index contributed by atoms with van der Waals surface area (Å²) >= 11 is 0. The van der Waals surface area contributed by atoms with E-state index in [9.17, 15) is 4.79 Å².